The molecule has 6 nitrogen and oxygen atoms in total. The first kappa shape index (κ1) is 18.3. The van der Waals surface area contributed by atoms with Crippen LogP contribution in [0.5, 0.6) is 11.5 Å². The van der Waals surface area contributed by atoms with E-state index in [2.05, 4.69) is 28.7 Å². The first-order chi connectivity index (χ1) is 13.6. The van der Waals surface area contributed by atoms with E-state index in [-0.39, 0.29) is 0 Å². The predicted molar refractivity (Wildman–Crippen MR) is 111 cm³/mol. The number of rotatable bonds is 6. The minimum atomic E-state index is 0.531. The first-order valence-electron chi connectivity index (χ1n) is 8.85. The highest BCUT2D eigenvalue weighted by Gasteiger charge is 2.21. The summed E-state index contributed by atoms with van der Waals surface area (Å²) in [5, 5.41) is 1.06. The Hall–Kier alpha value is -3.06. The number of hydrogen-bond donors (Lipinski definition) is 0. The molecule has 4 aromatic rings. The standard InChI is InChI=1S/C21H21N3O3S/c1-13-14(2)28-21-19(13)20(22-12-23-21)24(11-16-6-5-9-27-16)15-7-8-17(25-3)18(10-15)26-4/h5-10,12H,11H2,1-4H3. The van der Waals surface area contributed by atoms with Gasteiger partial charge >= 0.3 is 0 Å². The van der Waals surface area contributed by atoms with Crippen molar-refractivity contribution in [1.82, 2.24) is 9.97 Å². The monoisotopic (exact) mass is 395 g/mol. The van der Waals surface area contributed by atoms with Crippen LogP contribution in [0.15, 0.2) is 47.3 Å². The van der Waals surface area contributed by atoms with E-state index < -0.39 is 0 Å². The molecular weight excluding hydrogens is 374 g/mol. The van der Waals surface area contributed by atoms with Crippen molar-refractivity contribution in [2.24, 2.45) is 0 Å². The van der Waals surface area contributed by atoms with Crippen LogP contribution in [0.25, 0.3) is 10.2 Å². The molecule has 4 rings (SSSR count). The molecule has 0 saturated heterocycles. The molecule has 1 aromatic carbocycles. The second-order valence-electron chi connectivity index (χ2n) is 6.37. The Bertz CT molecular complexity index is 1110. The van der Waals surface area contributed by atoms with Crippen LogP contribution in [-0.2, 0) is 6.54 Å². The van der Waals surface area contributed by atoms with Crippen molar-refractivity contribution in [3.8, 4) is 11.5 Å². The molecule has 0 amide bonds. The van der Waals surface area contributed by atoms with Crippen LogP contribution in [0.4, 0.5) is 11.5 Å². The summed E-state index contributed by atoms with van der Waals surface area (Å²) in [6, 6.07) is 9.68. The van der Waals surface area contributed by atoms with Gasteiger partial charge in [-0.3, -0.25) is 0 Å². The molecule has 28 heavy (non-hydrogen) atoms. The molecule has 0 unspecified atom stereocenters. The van der Waals surface area contributed by atoms with Gasteiger partial charge in [-0.05, 0) is 43.7 Å². The molecule has 0 spiro atoms. The van der Waals surface area contributed by atoms with Gasteiger partial charge in [0.05, 0.1) is 32.4 Å². The maximum absolute atomic E-state index is 5.62. The highest BCUT2D eigenvalue weighted by atomic mass is 32.1. The molecule has 7 heteroatoms. The second-order valence-corrected chi connectivity index (χ2v) is 7.57. The maximum Gasteiger partial charge on any atom is 0.162 e. The van der Waals surface area contributed by atoms with Crippen molar-refractivity contribution < 1.29 is 13.9 Å². The van der Waals surface area contributed by atoms with Crippen molar-refractivity contribution in [2.45, 2.75) is 20.4 Å². The van der Waals surface area contributed by atoms with E-state index in [4.69, 9.17) is 13.9 Å². The van der Waals surface area contributed by atoms with Gasteiger partial charge in [-0.1, -0.05) is 0 Å². The first-order valence-corrected chi connectivity index (χ1v) is 9.66. The average molecular weight is 395 g/mol. The quantitative estimate of drug-likeness (QED) is 0.444. The topological polar surface area (TPSA) is 60.6 Å². The highest BCUT2D eigenvalue weighted by molar-refractivity contribution is 7.18. The molecule has 0 atom stereocenters. The largest absolute Gasteiger partial charge is 0.493 e. The van der Waals surface area contributed by atoms with Crippen LogP contribution < -0.4 is 14.4 Å². The van der Waals surface area contributed by atoms with Gasteiger partial charge in [0.1, 0.15) is 22.7 Å². The van der Waals surface area contributed by atoms with Crippen molar-refractivity contribution >= 4 is 33.1 Å². The lowest BCUT2D eigenvalue weighted by Crippen LogP contribution is -2.18. The minimum Gasteiger partial charge on any atom is -0.493 e. The SMILES string of the molecule is COc1ccc(N(Cc2ccco2)c2ncnc3sc(C)c(C)c23)cc1OC. The molecule has 144 valence electrons. The minimum absolute atomic E-state index is 0.531. The molecule has 0 fully saturated rings. The second kappa shape index (κ2) is 7.52. The van der Waals surface area contributed by atoms with Crippen LogP contribution in [0.3, 0.4) is 0 Å². The van der Waals surface area contributed by atoms with E-state index >= 15 is 0 Å². The van der Waals surface area contributed by atoms with Gasteiger partial charge in [0.15, 0.2) is 11.5 Å². The molecule has 0 aliphatic rings. The zero-order chi connectivity index (χ0) is 19.7. The van der Waals surface area contributed by atoms with Crippen LogP contribution in [0.1, 0.15) is 16.2 Å². The fourth-order valence-corrected chi connectivity index (χ4v) is 4.20. The summed E-state index contributed by atoms with van der Waals surface area (Å²) in [7, 11) is 3.26. The number of aryl methyl sites for hydroxylation is 2. The van der Waals surface area contributed by atoms with E-state index in [1.54, 1.807) is 38.1 Å². The number of methoxy groups -OCH3 is 2. The van der Waals surface area contributed by atoms with Crippen LogP contribution in [-0.4, -0.2) is 24.2 Å². The Morgan fingerprint density at radius 2 is 1.89 bits per heavy atom. The fraction of sp³-hybridized carbons (Fsp3) is 0.238. The molecular formula is C21H21N3O3S. The number of fused-ring (bicyclic) bond motifs is 1. The van der Waals surface area contributed by atoms with E-state index in [0.717, 1.165) is 27.5 Å². The summed E-state index contributed by atoms with van der Waals surface area (Å²) in [4.78, 5) is 13.4. The normalized spacial score (nSPS) is 11.0. The molecule has 0 radical (unpaired) electrons. The molecule has 3 aromatic heterocycles. The summed E-state index contributed by atoms with van der Waals surface area (Å²) in [6.07, 6.45) is 3.29. The number of hydrogen-bond acceptors (Lipinski definition) is 7. The third-order valence-electron chi connectivity index (χ3n) is 4.77. The van der Waals surface area contributed by atoms with Crippen molar-refractivity contribution in [2.75, 3.05) is 19.1 Å². The van der Waals surface area contributed by atoms with Crippen LogP contribution >= 0.6 is 11.3 Å². The van der Waals surface area contributed by atoms with Crippen LogP contribution in [0.2, 0.25) is 0 Å². The number of thiophene rings is 1. The molecule has 0 aliphatic carbocycles. The Kier molecular flexibility index (Phi) is 4.92. The Labute approximate surface area is 167 Å². The predicted octanol–water partition coefficient (Wildman–Crippen LogP) is 5.26. The van der Waals surface area contributed by atoms with Gasteiger partial charge in [-0.25, -0.2) is 9.97 Å². The number of anilines is 2. The summed E-state index contributed by atoms with van der Waals surface area (Å²) >= 11 is 1.68. The van der Waals surface area contributed by atoms with Gasteiger partial charge < -0.3 is 18.8 Å². The lowest BCUT2D eigenvalue weighted by atomic mass is 10.1. The van der Waals surface area contributed by atoms with Crippen molar-refractivity contribution in [1.29, 1.82) is 0 Å². The summed E-state index contributed by atoms with van der Waals surface area (Å²) in [6.45, 7) is 4.75. The fourth-order valence-electron chi connectivity index (χ4n) is 3.21. The van der Waals surface area contributed by atoms with Gasteiger partial charge in [0.25, 0.3) is 0 Å². The number of ether oxygens (including phenoxy) is 2. The zero-order valence-corrected chi connectivity index (χ0v) is 17.0. The zero-order valence-electron chi connectivity index (χ0n) is 16.2. The van der Waals surface area contributed by atoms with Gasteiger partial charge in [-0.2, -0.15) is 0 Å². The van der Waals surface area contributed by atoms with Gasteiger partial charge in [0.2, 0.25) is 0 Å². The molecule has 0 bridgehead atoms. The number of aromatic nitrogens is 2. The van der Waals surface area contributed by atoms with E-state index in [1.165, 1.54) is 10.4 Å². The van der Waals surface area contributed by atoms with Crippen molar-refractivity contribution in [3.05, 3.63) is 59.1 Å². The van der Waals surface area contributed by atoms with Crippen molar-refractivity contribution in [3.63, 3.8) is 0 Å². The smallest absolute Gasteiger partial charge is 0.162 e. The Morgan fingerprint density at radius 1 is 1.07 bits per heavy atom. The van der Waals surface area contributed by atoms with Crippen LogP contribution in [0, 0.1) is 13.8 Å². The molecule has 0 N–H and O–H groups in total. The molecule has 3 heterocycles. The molecule has 0 saturated carbocycles. The lowest BCUT2D eigenvalue weighted by Gasteiger charge is -2.24. The Morgan fingerprint density at radius 3 is 2.61 bits per heavy atom. The Balaban J connectivity index is 1.90. The number of furan rings is 1. The van der Waals surface area contributed by atoms with Gasteiger partial charge in [0, 0.05) is 16.6 Å². The highest BCUT2D eigenvalue weighted by Crippen LogP contribution is 2.40. The lowest BCUT2D eigenvalue weighted by molar-refractivity contribution is 0.355. The van der Waals surface area contributed by atoms with E-state index in [1.807, 2.05) is 30.3 Å². The van der Waals surface area contributed by atoms with E-state index in [0.29, 0.717) is 18.0 Å². The average Bonchev–Trinajstić information content (AvgIpc) is 3.33. The van der Waals surface area contributed by atoms with Gasteiger partial charge in [-0.15, -0.1) is 11.3 Å². The summed E-state index contributed by atoms with van der Waals surface area (Å²) in [5.74, 6) is 3.02. The number of benzene rings is 1. The molecule has 0 aliphatic heterocycles. The maximum atomic E-state index is 5.62. The summed E-state index contributed by atoms with van der Waals surface area (Å²) < 4.78 is 16.5. The number of nitrogens with zero attached hydrogens (tertiary/aromatic N) is 3. The summed E-state index contributed by atoms with van der Waals surface area (Å²) in [5.41, 5.74) is 2.12. The van der Waals surface area contributed by atoms with E-state index in [9.17, 15) is 0 Å². The third-order valence-corrected chi connectivity index (χ3v) is 5.89. The third kappa shape index (κ3) is 3.18.